The van der Waals surface area contributed by atoms with E-state index in [9.17, 15) is 0 Å². The van der Waals surface area contributed by atoms with E-state index in [4.69, 9.17) is 11.6 Å². The Hall–Kier alpha value is -2.33. The van der Waals surface area contributed by atoms with E-state index in [0.717, 1.165) is 33.5 Å². The Morgan fingerprint density at radius 2 is 1.89 bits per heavy atom. The third-order valence-electron chi connectivity index (χ3n) is 3.14. The molecule has 0 spiro atoms. The maximum atomic E-state index is 5.98. The van der Waals surface area contributed by atoms with Gasteiger partial charge in [0.25, 0.3) is 0 Å². The lowest BCUT2D eigenvalue weighted by Gasteiger charge is -1.91. The van der Waals surface area contributed by atoms with E-state index >= 15 is 0 Å². The highest BCUT2D eigenvalue weighted by molar-refractivity contribution is 6.31. The van der Waals surface area contributed by atoms with Crippen molar-refractivity contribution in [1.82, 2.24) is 20.2 Å². The van der Waals surface area contributed by atoms with Crippen LogP contribution in [0, 0.1) is 0 Å². The number of nitrogens with zero attached hydrogens (tertiary/aromatic N) is 2. The van der Waals surface area contributed by atoms with Gasteiger partial charge in [-0.1, -0.05) is 29.8 Å². The third-order valence-corrected chi connectivity index (χ3v) is 3.37. The Morgan fingerprint density at radius 3 is 2.84 bits per heavy atom. The van der Waals surface area contributed by atoms with Crippen molar-refractivity contribution in [2.75, 3.05) is 0 Å². The normalized spacial score (nSPS) is 11.4. The molecule has 0 atom stereocenters. The molecule has 4 aromatic rings. The van der Waals surface area contributed by atoms with Crippen molar-refractivity contribution >= 4 is 33.5 Å². The Morgan fingerprint density at radius 1 is 1.00 bits per heavy atom. The van der Waals surface area contributed by atoms with Crippen LogP contribution in [0.1, 0.15) is 0 Å². The van der Waals surface area contributed by atoms with Gasteiger partial charge in [-0.05, 0) is 24.3 Å². The minimum Gasteiger partial charge on any atom is -0.337 e. The van der Waals surface area contributed by atoms with E-state index in [0.29, 0.717) is 5.02 Å². The zero-order valence-electron chi connectivity index (χ0n) is 9.81. The topological polar surface area (TPSA) is 57.4 Å². The number of fused-ring (bicyclic) bond motifs is 2. The fourth-order valence-corrected chi connectivity index (χ4v) is 2.41. The zero-order chi connectivity index (χ0) is 12.8. The second-order valence-corrected chi connectivity index (χ2v) is 4.80. The first-order valence-electron chi connectivity index (χ1n) is 5.90. The number of nitrogens with one attached hydrogen (secondary N) is 2. The molecule has 0 amide bonds. The Kier molecular flexibility index (Phi) is 2.13. The van der Waals surface area contributed by atoms with Crippen LogP contribution in [0.4, 0.5) is 0 Å². The average Bonchev–Trinajstić information content (AvgIpc) is 3.00. The van der Waals surface area contributed by atoms with Gasteiger partial charge in [-0.3, -0.25) is 5.10 Å². The molecule has 0 bridgehead atoms. The number of hydrogen-bond acceptors (Lipinski definition) is 2. The smallest absolute Gasteiger partial charge is 0.159 e. The first kappa shape index (κ1) is 10.6. The zero-order valence-corrected chi connectivity index (χ0v) is 10.6. The molecule has 0 saturated carbocycles. The number of hydrogen-bond donors (Lipinski definition) is 2. The summed E-state index contributed by atoms with van der Waals surface area (Å²) >= 11 is 5.98. The van der Waals surface area contributed by atoms with Gasteiger partial charge in [-0.2, -0.15) is 5.10 Å². The van der Waals surface area contributed by atoms with Gasteiger partial charge in [0.1, 0.15) is 5.69 Å². The summed E-state index contributed by atoms with van der Waals surface area (Å²) in [5.41, 5.74) is 3.61. The molecule has 0 aliphatic heterocycles. The molecular formula is C14H9ClN4. The number of imidazole rings is 1. The Labute approximate surface area is 113 Å². The van der Waals surface area contributed by atoms with Crippen LogP contribution in [0.3, 0.4) is 0 Å². The summed E-state index contributed by atoms with van der Waals surface area (Å²) < 4.78 is 0. The molecule has 2 aromatic carbocycles. The molecule has 0 unspecified atom stereocenters. The van der Waals surface area contributed by atoms with Crippen LogP contribution in [-0.4, -0.2) is 20.2 Å². The van der Waals surface area contributed by atoms with Gasteiger partial charge in [0.2, 0.25) is 0 Å². The average molecular weight is 269 g/mol. The van der Waals surface area contributed by atoms with E-state index in [-0.39, 0.29) is 0 Å². The summed E-state index contributed by atoms with van der Waals surface area (Å²) in [7, 11) is 0. The summed E-state index contributed by atoms with van der Waals surface area (Å²) in [5, 5.41) is 9.08. The predicted octanol–water partition coefficient (Wildman–Crippen LogP) is 3.76. The maximum absolute atomic E-state index is 5.98. The van der Waals surface area contributed by atoms with Crippen molar-refractivity contribution in [2.45, 2.75) is 0 Å². The fraction of sp³-hybridized carbons (Fsp3) is 0. The molecule has 2 heterocycles. The number of rotatable bonds is 1. The molecule has 19 heavy (non-hydrogen) atoms. The van der Waals surface area contributed by atoms with Crippen molar-refractivity contribution in [3.05, 3.63) is 47.5 Å². The van der Waals surface area contributed by atoms with Gasteiger partial charge < -0.3 is 4.98 Å². The van der Waals surface area contributed by atoms with Crippen molar-refractivity contribution in [3.8, 4) is 11.5 Å². The van der Waals surface area contributed by atoms with Crippen LogP contribution in [0.2, 0.25) is 5.02 Å². The second kappa shape index (κ2) is 3.83. The number of halogens is 1. The molecule has 4 nitrogen and oxygen atoms in total. The van der Waals surface area contributed by atoms with Gasteiger partial charge in [-0.15, -0.1) is 0 Å². The minimum atomic E-state index is 0.689. The SMILES string of the molecule is Clc1ccc2nc(-c3n[nH]c4ccccc34)[nH]c2c1. The first-order chi connectivity index (χ1) is 9.31. The van der Waals surface area contributed by atoms with Gasteiger partial charge in [0.15, 0.2) is 5.82 Å². The summed E-state index contributed by atoms with van der Waals surface area (Å²) in [5.74, 6) is 0.745. The second-order valence-electron chi connectivity index (χ2n) is 4.36. The Bertz CT molecular complexity index is 891. The lowest BCUT2D eigenvalue weighted by atomic mass is 10.2. The molecule has 92 valence electrons. The fourth-order valence-electron chi connectivity index (χ4n) is 2.24. The lowest BCUT2D eigenvalue weighted by molar-refractivity contribution is 1.11. The molecule has 0 aliphatic carbocycles. The van der Waals surface area contributed by atoms with Crippen molar-refractivity contribution in [3.63, 3.8) is 0 Å². The van der Waals surface area contributed by atoms with Crippen LogP contribution < -0.4 is 0 Å². The number of aromatic nitrogens is 4. The number of para-hydroxylation sites is 1. The molecule has 2 N–H and O–H groups in total. The van der Waals surface area contributed by atoms with Crippen LogP contribution in [0.25, 0.3) is 33.5 Å². The van der Waals surface area contributed by atoms with E-state index in [1.165, 1.54) is 0 Å². The third kappa shape index (κ3) is 1.61. The predicted molar refractivity (Wildman–Crippen MR) is 76.2 cm³/mol. The molecule has 4 rings (SSSR count). The largest absolute Gasteiger partial charge is 0.337 e. The molecule has 2 aromatic heterocycles. The van der Waals surface area contributed by atoms with Gasteiger partial charge in [-0.25, -0.2) is 4.98 Å². The molecule has 0 saturated heterocycles. The van der Waals surface area contributed by atoms with Crippen molar-refractivity contribution in [1.29, 1.82) is 0 Å². The van der Waals surface area contributed by atoms with Crippen molar-refractivity contribution < 1.29 is 0 Å². The van der Waals surface area contributed by atoms with Crippen LogP contribution >= 0.6 is 11.6 Å². The van der Waals surface area contributed by atoms with Crippen molar-refractivity contribution in [2.24, 2.45) is 0 Å². The summed E-state index contributed by atoms with van der Waals surface area (Å²) in [6.45, 7) is 0. The molecular weight excluding hydrogens is 260 g/mol. The minimum absolute atomic E-state index is 0.689. The highest BCUT2D eigenvalue weighted by atomic mass is 35.5. The number of H-pyrrole nitrogens is 2. The van der Waals surface area contributed by atoms with Crippen LogP contribution in [-0.2, 0) is 0 Å². The monoisotopic (exact) mass is 268 g/mol. The lowest BCUT2D eigenvalue weighted by Crippen LogP contribution is -1.80. The standard InChI is InChI=1S/C14H9ClN4/c15-8-5-6-11-12(7-8)17-14(16-11)13-9-3-1-2-4-10(9)18-19-13/h1-7H,(H,16,17)(H,18,19). The van der Waals surface area contributed by atoms with Gasteiger partial charge in [0.05, 0.1) is 16.6 Å². The number of aromatic amines is 2. The summed E-state index contributed by atoms with van der Waals surface area (Å²) in [6, 6.07) is 13.6. The van der Waals surface area contributed by atoms with E-state index in [1.54, 1.807) is 0 Å². The van der Waals surface area contributed by atoms with E-state index < -0.39 is 0 Å². The molecule has 0 fully saturated rings. The Balaban J connectivity index is 1.99. The first-order valence-corrected chi connectivity index (χ1v) is 6.28. The molecule has 5 heteroatoms. The molecule has 0 aliphatic rings. The molecule has 0 radical (unpaired) electrons. The maximum Gasteiger partial charge on any atom is 0.159 e. The summed E-state index contributed by atoms with van der Waals surface area (Å²) in [4.78, 5) is 7.80. The summed E-state index contributed by atoms with van der Waals surface area (Å²) in [6.07, 6.45) is 0. The highest BCUT2D eigenvalue weighted by Gasteiger charge is 2.11. The van der Waals surface area contributed by atoms with E-state index in [2.05, 4.69) is 20.2 Å². The van der Waals surface area contributed by atoms with Crippen LogP contribution in [0.15, 0.2) is 42.5 Å². The number of benzene rings is 2. The quantitative estimate of drug-likeness (QED) is 0.552. The van der Waals surface area contributed by atoms with Gasteiger partial charge in [0, 0.05) is 10.4 Å². The van der Waals surface area contributed by atoms with Crippen LogP contribution in [0.5, 0.6) is 0 Å². The van der Waals surface area contributed by atoms with Gasteiger partial charge >= 0.3 is 0 Å². The van der Waals surface area contributed by atoms with E-state index in [1.807, 2.05) is 42.5 Å². The highest BCUT2D eigenvalue weighted by Crippen LogP contribution is 2.26.